The summed E-state index contributed by atoms with van der Waals surface area (Å²) in [6.07, 6.45) is 0. The molecule has 3 aromatic carbocycles. The van der Waals surface area contributed by atoms with E-state index in [1.807, 2.05) is 60.4 Å². The van der Waals surface area contributed by atoms with Crippen LogP contribution in [0, 0.1) is 17.0 Å². The van der Waals surface area contributed by atoms with Crippen LogP contribution in [0.3, 0.4) is 0 Å². The molecule has 0 unspecified atom stereocenters. The molecule has 0 saturated carbocycles. The van der Waals surface area contributed by atoms with Gasteiger partial charge in [0.15, 0.2) is 0 Å². The van der Waals surface area contributed by atoms with Crippen LogP contribution in [0.4, 0.5) is 11.4 Å². The van der Waals surface area contributed by atoms with E-state index in [4.69, 9.17) is 16.6 Å². The number of anilines is 1. The van der Waals surface area contributed by atoms with Gasteiger partial charge in [-0.2, -0.15) is 0 Å². The number of nitrogens with zero attached hydrogens (tertiary/aromatic N) is 4. The number of aromatic nitrogens is 1. The third-order valence-corrected chi connectivity index (χ3v) is 6.71. The van der Waals surface area contributed by atoms with Crippen molar-refractivity contribution in [2.75, 3.05) is 31.1 Å². The summed E-state index contributed by atoms with van der Waals surface area (Å²) in [5.74, 6) is -0.0142. The number of para-hydroxylation sites is 1. The zero-order valence-electron chi connectivity index (χ0n) is 19.1. The molecule has 1 amide bonds. The zero-order chi connectivity index (χ0) is 24.5. The Bertz CT molecular complexity index is 1410. The molecular weight excluding hydrogens is 464 g/mol. The van der Waals surface area contributed by atoms with Crippen LogP contribution in [0.2, 0.25) is 5.02 Å². The van der Waals surface area contributed by atoms with Crippen molar-refractivity contribution in [2.24, 2.45) is 0 Å². The number of hydrogen-bond acceptors (Lipinski definition) is 5. The lowest BCUT2D eigenvalue weighted by atomic mass is 9.96. The molecule has 1 saturated heterocycles. The maximum atomic E-state index is 13.8. The van der Waals surface area contributed by atoms with Crippen LogP contribution in [-0.2, 0) is 0 Å². The summed E-state index contributed by atoms with van der Waals surface area (Å²) in [6, 6.07) is 21.8. The van der Waals surface area contributed by atoms with Crippen molar-refractivity contribution in [3.8, 4) is 11.3 Å². The SMILES string of the molecule is Cc1c(-c2ccc(Cl)cc2)nc2ccccc2c1C(=O)N1CCN(c2ccc([N+](=O)[O-])cc2)CC1. The number of carbonyl (C=O) groups excluding carboxylic acids is 1. The summed E-state index contributed by atoms with van der Waals surface area (Å²) in [5, 5.41) is 12.4. The lowest BCUT2D eigenvalue weighted by Crippen LogP contribution is -2.49. The smallest absolute Gasteiger partial charge is 0.269 e. The minimum Gasteiger partial charge on any atom is -0.368 e. The number of nitro groups is 1. The highest BCUT2D eigenvalue weighted by molar-refractivity contribution is 6.30. The van der Waals surface area contributed by atoms with E-state index in [1.54, 1.807) is 12.1 Å². The fourth-order valence-electron chi connectivity index (χ4n) is 4.58. The monoisotopic (exact) mass is 486 g/mol. The van der Waals surface area contributed by atoms with Gasteiger partial charge in [0, 0.05) is 60.0 Å². The van der Waals surface area contributed by atoms with Crippen molar-refractivity contribution in [1.82, 2.24) is 9.88 Å². The van der Waals surface area contributed by atoms with Crippen LogP contribution in [-0.4, -0.2) is 46.9 Å². The minimum atomic E-state index is -0.403. The number of benzene rings is 3. The Morgan fingerprint density at radius 2 is 1.60 bits per heavy atom. The van der Waals surface area contributed by atoms with Crippen molar-refractivity contribution < 1.29 is 9.72 Å². The highest BCUT2D eigenvalue weighted by Gasteiger charge is 2.27. The molecule has 0 atom stereocenters. The molecule has 8 heteroatoms. The first-order valence-electron chi connectivity index (χ1n) is 11.4. The Balaban J connectivity index is 1.43. The molecular formula is C27H23ClN4O3. The van der Waals surface area contributed by atoms with Gasteiger partial charge in [0.25, 0.3) is 11.6 Å². The fourth-order valence-corrected chi connectivity index (χ4v) is 4.71. The number of pyridine rings is 1. The Morgan fingerprint density at radius 1 is 0.943 bits per heavy atom. The van der Waals surface area contributed by atoms with Crippen molar-refractivity contribution in [1.29, 1.82) is 0 Å². The number of amides is 1. The summed E-state index contributed by atoms with van der Waals surface area (Å²) in [7, 11) is 0. The van der Waals surface area contributed by atoms with E-state index in [0.29, 0.717) is 36.8 Å². The van der Waals surface area contributed by atoms with Crippen LogP contribution in [0.15, 0.2) is 72.8 Å². The van der Waals surface area contributed by atoms with Crippen molar-refractivity contribution >= 4 is 39.8 Å². The molecule has 1 aromatic heterocycles. The predicted molar refractivity (Wildman–Crippen MR) is 138 cm³/mol. The molecule has 4 aromatic rings. The fraction of sp³-hybridized carbons (Fsp3) is 0.185. The van der Waals surface area contributed by atoms with Crippen LogP contribution in [0.5, 0.6) is 0 Å². The predicted octanol–water partition coefficient (Wildman–Crippen LogP) is 5.73. The van der Waals surface area contributed by atoms with Crippen molar-refractivity contribution in [3.63, 3.8) is 0 Å². The summed E-state index contributed by atoms with van der Waals surface area (Å²) in [6.45, 7) is 4.36. The summed E-state index contributed by atoms with van der Waals surface area (Å²) in [4.78, 5) is 33.2. The van der Waals surface area contributed by atoms with Gasteiger partial charge in [-0.05, 0) is 42.8 Å². The zero-order valence-corrected chi connectivity index (χ0v) is 19.9. The van der Waals surface area contributed by atoms with E-state index in [-0.39, 0.29) is 11.6 Å². The van der Waals surface area contributed by atoms with Gasteiger partial charge < -0.3 is 9.80 Å². The Morgan fingerprint density at radius 3 is 2.26 bits per heavy atom. The van der Waals surface area contributed by atoms with Crippen LogP contribution in [0.1, 0.15) is 15.9 Å². The number of halogens is 1. The van der Waals surface area contributed by atoms with E-state index >= 15 is 0 Å². The molecule has 2 heterocycles. The average molecular weight is 487 g/mol. The number of carbonyl (C=O) groups is 1. The molecule has 1 aliphatic rings. The van der Waals surface area contributed by atoms with Crippen LogP contribution < -0.4 is 4.90 Å². The topological polar surface area (TPSA) is 79.6 Å². The minimum absolute atomic E-state index is 0.0142. The normalized spacial score (nSPS) is 13.8. The van der Waals surface area contributed by atoms with E-state index in [1.165, 1.54) is 12.1 Å². The van der Waals surface area contributed by atoms with Crippen molar-refractivity contribution in [3.05, 3.63) is 99.1 Å². The highest BCUT2D eigenvalue weighted by atomic mass is 35.5. The summed E-state index contributed by atoms with van der Waals surface area (Å²) in [5.41, 5.74) is 4.95. The molecule has 1 aliphatic heterocycles. The Kier molecular flexibility index (Phi) is 6.09. The number of nitro benzene ring substituents is 1. The number of piperazine rings is 1. The Labute approximate surface area is 207 Å². The first-order valence-corrected chi connectivity index (χ1v) is 11.7. The summed E-state index contributed by atoms with van der Waals surface area (Å²) >= 11 is 6.08. The van der Waals surface area contributed by atoms with Gasteiger partial charge in [0.2, 0.25) is 0 Å². The number of non-ortho nitro benzene ring substituents is 1. The first-order chi connectivity index (χ1) is 16.9. The highest BCUT2D eigenvalue weighted by Crippen LogP contribution is 2.31. The lowest BCUT2D eigenvalue weighted by Gasteiger charge is -2.36. The Hall–Kier alpha value is -3.97. The second-order valence-electron chi connectivity index (χ2n) is 8.54. The molecule has 0 N–H and O–H groups in total. The van der Waals surface area contributed by atoms with Crippen LogP contribution in [0.25, 0.3) is 22.2 Å². The molecule has 1 fully saturated rings. The number of rotatable bonds is 4. The molecule has 5 rings (SSSR count). The summed E-state index contributed by atoms with van der Waals surface area (Å²) < 4.78 is 0. The number of fused-ring (bicyclic) bond motifs is 1. The second kappa shape index (κ2) is 9.35. The van der Waals surface area contributed by atoms with Gasteiger partial charge in [-0.3, -0.25) is 14.9 Å². The van der Waals surface area contributed by atoms with Crippen LogP contribution >= 0.6 is 11.6 Å². The van der Waals surface area contributed by atoms with Gasteiger partial charge in [0.1, 0.15) is 0 Å². The molecule has 0 bridgehead atoms. The molecule has 7 nitrogen and oxygen atoms in total. The standard InChI is InChI=1S/C27H23ClN4O3/c1-18-25(23-4-2-3-5-24(23)29-26(18)19-6-8-20(28)9-7-19)27(33)31-16-14-30(15-17-31)21-10-12-22(13-11-21)32(34)35/h2-13H,14-17H2,1H3. The third kappa shape index (κ3) is 4.42. The first kappa shape index (κ1) is 22.8. The average Bonchev–Trinajstić information content (AvgIpc) is 2.89. The van der Waals surface area contributed by atoms with Gasteiger partial charge in [-0.1, -0.05) is 41.9 Å². The van der Waals surface area contributed by atoms with E-state index in [9.17, 15) is 14.9 Å². The largest absolute Gasteiger partial charge is 0.368 e. The molecule has 176 valence electrons. The quantitative estimate of drug-likeness (QED) is 0.271. The van der Waals surface area contributed by atoms with Gasteiger partial charge in [-0.25, -0.2) is 4.98 Å². The maximum absolute atomic E-state index is 13.8. The molecule has 0 radical (unpaired) electrons. The van der Waals surface area contributed by atoms with Gasteiger partial charge >= 0.3 is 0 Å². The lowest BCUT2D eigenvalue weighted by molar-refractivity contribution is -0.384. The second-order valence-corrected chi connectivity index (χ2v) is 8.97. The van der Waals surface area contributed by atoms with E-state index in [0.717, 1.165) is 33.4 Å². The maximum Gasteiger partial charge on any atom is 0.269 e. The molecule has 0 aliphatic carbocycles. The van der Waals surface area contributed by atoms with Crippen molar-refractivity contribution in [2.45, 2.75) is 6.92 Å². The third-order valence-electron chi connectivity index (χ3n) is 6.46. The number of hydrogen-bond donors (Lipinski definition) is 0. The van der Waals surface area contributed by atoms with Gasteiger partial charge in [-0.15, -0.1) is 0 Å². The van der Waals surface area contributed by atoms with E-state index < -0.39 is 4.92 Å². The van der Waals surface area contributed by atoms with E-state index in [2.05, 4.69) is 4.90 Å². The molecule has 35 heavy (non-hydrogen) atoms. The molecule has 0 spiro atoms. The van der Waals surface area contributed by atoms with Gasteiger partial charge in [0.05, 0.1) is 21.7 Å².